The number of allylic oxidation sites excluding steroid dienone is 3. The van der Waals surface area contributed by atoms with Gasteiger partial charge in [0.2, 0.25) is 15.7 Å². The lowest BCUT2D eigenvalue weighted by molar-refractivity contribution is -0.119. The number of carbonyl (C=O) groups excluding carboxylic acids is 1. The van der Waals surface area contributed by atoms with Crippen LogP contribution in [0.15, 0.2) is 75.5 Å². The van der Waals surface area contributed by atoms with E-state index in [-0.39, 0.29) is 26.9 Å². The Morgan fingerprint density at radius 2 is 1.65 bits per heavy atom. The summed E-state index contributed by atoms with van der Waals surface area (Å²) in [5.41, 5.74) is 7.86. The second-order valence-electron chi connectivity index (χ2n) is 8.91. The predicted octanol–water partition coefficient (Wildman–Crippen LogP) is 5.01. The van der Waals surface area contributed by atoms with Crippen molar-refractivity contribution in [3.8, 4) is 0 Å². The van der Waals surface area contributed by atoms with Crippen molar-refractivity contribution in [1.82, 2.24) is 0 Å². The molecule has 1 heterocycles. The third-order valence-corrected chi connectivity index (χ3v) is 7.89. The molecular formula is C24H24ClNO4S. The zero-order valence-corrected chi connectivity index (χ0v) is 19.2. The van der Waals surface area contributed by atoms with Crippen LogP contribution < -0.4 is 5.73 Å². The Bertz CT molecular complexity index is 1220. The van der Waals surface area contributed by atoms with Gasteiger partial charge in [-0.2, -0.15) is 0 Å². The number of ketones is 1. The van der Waals surface area contributed by atoms with Gasteiger partial charge in [-0.25, -0.2) is 8.42 Å². The van der Waals surface area contributed by atoms with Crippen LogP contribution >= 0.6 is 11.6 Å². The third-order valence-electron chi connectivity index (χ3n) is 5.73. The summed E-state index contributed by atoms with van der Waals surface area (Å²) in [5, 5.41) is 0.515. The summed E-state index contributed by atoms with van der Waals surface area (Å²) in [4.78, 5) is 13.2. The van der Waals surface area contributed by atoms with Crippen LogP contribution in [0.5, 0.6) is 0 Å². The van der Waals surface area contributed by atoms with Crippen LogP contribution in [-0.2, 0) is 19.4 Å². The van der Waals surface area contributed by atoms with Gasteiger partial charge in [-0.1, -0.05) is 55.3 Å². The lowest BCUT2D eigenvalue weighted by atomic mass is 9.72. The van der Waals surface area contributed by atoms with Crippen molar-refractivity contribution in [2.45, 2.75) is 44.4 Å². The molecule has 4 rings (SSSR count). The van der Waals surface area contributed by atoms with Crippen LogP contribution in [-0.4, -0.2) is 14.2 Å². The number of nitrogens with two attached hydrogens (primary N) is 1. The van der Waals surface area contributed by atoms with Crippen molar-refractivity contribution < 1.29 is 17.9 Å². The number of carbonyl (C=O) groups is 1. The van der Waals surface area contributed by atoms with E-state index in [1.54, 1.807) is 48.5 Å². The van der Waals surface area contributed by atoms with Gasteiger partial charge < -0.3 is 10.5 Å². The molecule has 31 heavy (non-hydrogen) atoms. The number of rotatable bonds is 3. The van der Waals surface area contributed by atoms with E-state index in [1.165, 1.54) is 0 Å². The van der Waals surface area contributed by atoms with E-state index in [4.69, 9.17) is 22.1 Å². The highest BCUT2D eigenvalue weighted by Crippen LogP contribution is 2.50. The van der Waals surface area contributed by atoms with Crippen LogP contribution in [0.3, 0.4) is 0 Å². The fourth-order valence-electron chi connectivity index (χ4n) is 4.25. The molecule has 2 aromatic rings. The van der Waals surface area contributed by atoms with Gasteiger partial charge in [-0.05, 0) is 42.2 Å². The summed E-state index contributed by atoms with van der Waals surface area (Å²) in [6.45, 7) is 5.84. The van der Waals surface area contributed by atoms with Crippen LogP contribution in [0, 0.1) is 12.3 Å². The normalized spacial score (nSPS) is 21.0. The highest BCUT2D eigenvalue weighted by atomic mass is 35.5. The van der Waals surface area contributed by atoms with Crippen molar-refractivity contribution in [3.05, 3.63) is 86.8 Å². The minimum Gasteiger partial charge on any atom is -0.444 e. The topological polar surface area (TPSA) is 86.5 Å². The number of halogens is 1. The molecule has 0 amide bonds. The lowest BCUT2D eigenvalue weighted by Gasteiger charge is -2.38. The molecule has 0 bridgehead atoms. The molecule has 5 nitrogen and oxygen atoms in total. The molecular weight excluding hydrogens is 434 g/mol. The standard InChI is InChI=1S/C24H24ClNO4S/c1-14-4-10-17(11-5-14)31(28,29)22-20(15-6-8-16(25)9-7-15)21-18(27)12-24(2,3)13-19(21)30-23(22)26/h4-11,20H,12-13,26H2,1-3H3/t20-/m0/s1. The van der Waals surface area contributed by atoms with Gasteiger partial charge >= 0.3 is 0 Å². The van der Waals surface area contributed by atoms with Crippen molar-refractivity contribution in [3.63, 3.8) is 0 Å². The minimum atomic E-state index is -4.03. The largest absolute Gasteiger partial charge is 0.444 e. The van der Waals surface area contributed by atoms with Gasteiger partial charge in [0.05, 0.1) is 10.8 Å². The first-order valence-electron chi connectivity index (χ1n) is 10.0. The van der Waals surface area contributed by atoms with Crippen molar-refractivity contribution in [2.75, 3.05) is 0 Å². The van der Waals surface area contributed by atoms with Crippen molar-refractivity contribution in [1.29, 1.82) is 0 Å². The van der Waals surface area contributed by atoms with Crippen LogP contribution in [0.2, 0.25) is 5.02 Å². The SMILES string of the molecule is Cc1ccc(S(=O)(=O)C2=C(N)OC3=C(C(=O)CC(C)(C)C3)[C@@H]2c2ccc(Cl)cc2)cc1. The fourth-order valence-corrected chi connectivity index (χ4v) is 6.00. The van der Waals surface area contributed by atoms with E-state index in [0.717, 1.165) is 5.56 Å². The molecule has 0 radical (unpaired) electrons. The van der Waals surface area contributed by atoms with Gasteiger partial charge in [-0.3, -0.25) is 4.79 Å². The minimum absolute atomic E-state index is 0.103. The smallest absolute Gasteiger partial charge is 0.208 e. The van der Waals surface area contributed by atoms with Crippen LogP contribution in [0.1, 0.15) is 43.7 Å². The van der Waals surface area contributed by atoms with Gasteiger partial charge in [0.25, 0.3) is 0 Å². The highest BCUT2D eigenvalue weighted by molar-refractivity contribution is 7.95. The quantitative estimate of drug-likeness (QED) is 0.700. The lowest BCUT2D eigenvalue weighted by Crippen LogP contribution is -2.35. The molecule has 2 N–H and O–H groups in total. The Balaban J connectivity index is 1.94. The second kappa shape index (κ2) is 7.53. The van der Waals surface area contributed by atoms with E-state index in [0.29, 0.717) is 34.8 Å². The Labute approximate surface area is 187 Å². The third kappa shape index (κ3) is 3.90. The summed E-state index contributed by atoms with van der Waals surface area (Å²) in [6, 6.07) is 13.3. The molecule has 2 aromatic carbocycles. The Morgan fingerprint density at radius 3 is 2.26 bits per heavy atom. The molecule has 162 valence electrons. The fraction of sp³-hybridized carbons (Fsp3) is 0.292. The summed E-state index contributed by atoms with van der Waals surface area (Å²) in [6.07, 6.45) is 0.799. The number of aryl methyl sites for hydroxylation is 1. The number of ether oxygens (including phenoxy) is 1. The maximum atomic E-state index is 13.7. The molecule has 0 saturated heterocycles. The molecule has 0 saturated carbocycles. The van der Waals surface area contributed by atoms with Crippen LogP contribution in [0.4, 0.5) is 0 Å². The number of Topliss-reactive ketones (excluding diaryl/α,β-unsaturated/α-hetero) is 1. The van der Waals surface area contributed by atoms with Gasteiger partial charge in [0.15, 0.2) is 5.78 Å². The molecule has 0 spiro atoms. The summed E-state index contributed by atoms with van der Waals surface area (Å²) in [7, 11) is -4.03. The zero-order chi connectivity index (χ0) is 22.6. The summed E-state index contributed by atoms with van der Waals surface area (Å²) in [5.74, 6) is -0.724. The first-order valence-corrected chi connectivity index (χ1v) is 11.9. The van der Waals surface area contributed by atoms with E-state index in [2.05, 4.69) is 0 Å². The highest BCUT2D eigenvalue weighted by Gasteiger charge is 2.46. The molecule has 1 atom stereocenters. The molecule has 2 aliphatic rings. The van der Waals surface area contributed by atoms with Crippen molar-refractivity contribution >= 4 is 27.2 Å². The maximum Gasteiger partial charge on any atom is 0.208 e. The maximum absolute atomic E-state index is 13.7. The van der Waals surface area contributed by atoms with E-state index in [9.17, 15) is 13.2 Å². The molecule has 0 aromatic heterocycles. The second-order valence-corrected chi connectivity index (χ2v) is 11.3. The van der Waals surface area contributed by atoms with E-state index < -0.39 is 15.8 Å². The Hall–Kier alpha value is -2.57. The summed E-state index contributed by atoms with van der Waals surface area (Å²) >= 11 is 6.06. The first kappa shape index (κ1) is 21.7. The number of benzene rings is 2. The van der Waals surface area contributed by atoms with E-state index >= 15 is 0 Å². The van der Waals surface area contributed by atoms with Gasteiger partial charge in [0, 0.05) is 23.4 Å². The van der Waals surface area contributed by atoms with Gasteiger partial charge in [-0.15, -0.1) is 0 Å². The average Bonchev–Trinajstić information content (AvgIpc) is 2.66. The molecule has 0 unspecified atom stereocenters. The average molecular weight is 458 g/mol. The number of sulfone groups is 1. The Kier molecular flexibility index (Phi) is 5.26. The number of hydrogen-bond donors (Lipinski definition) is 1. The van der Waals surface area contributed by atoms with E-state index in [1.807, 2.05) is 20.8 Å². The Morgan fingerprint density at radius 1 is 1.03 bits per heavy atom. The monoisotopic (exact) mass is 457 g/mol. The molecule has 0 fully saturated rings. The molecule has 1 aliphatic carbocycles. The molecule has 1 aliphatic heterocycles. The summed E-state index contributed by atoms with van der Waals surface area (Å²) < 4.78 is 33.2. The molecule has 7 heteroatoms. The zero-order valence-electron chi connectivity index (χ0n) is 17.6. The number of hydrogen-bond acceptors (Lipinski definition) is 5. The van der Waals surface area contributed by atoms with Gasteiger partial charge in [0.1, 0.15) is 10.7 Å². The van der Waals surface area contributed by atoms with Crippen LogP contribution in [0.25, 0.3) is 0 Å². The predicted molar refractivity (Wildman–Crippen MR) is 120 cm³/mol. The van der Waals surface area contributed by atoms with Crippen molar-refractivity contribution in [2.24, 2.45) is 11.1 Å². The first-order chi connectivity index (χ1) is 14.5.